The van der Waals surface area contributed by atoms with Gasteiger partial charge in [-0.3, -0.25) is 9.10 Å². The molecule has 0 saturated carbocycles. The van der Waals surface area contributed by atoms with Crippen LogP contribution in [0.1, 0.15) is 46.3 Å². The van der Waals surface area contributed by atoms with Crippen molar-refractivity contribution in [1.82, 2.24) is 5.32 Å². The highest BCUT2D eigenvalue weighted by Gasteiger charge is 2.22. The second-order valence-electron chi connectivity index (χ2n) is 7.70. The van der Waals surface area contributed by atoms with Crippen molar-refractivity contribution >= 4 is 21.6 Å². The van der Waals surface area contributed by atoms with Gasteiger partial charge in [0.25, 0.3) is 0 Å². The van der Waals surface area contributed by atoms with E-state index < -0.39 is 10.0 Å². The number of anilines is 1. The third-order valence-electron chi connectivity index (χ3n) is 4.91. The maximum atomic E-state index is 12.7. The first kappa shape index (κ1) is 22.0. The molecule has 28 heavy (non-hydrogen) atoms. The Morgan fingerprint density at radius 1 is 0.929 bits per heavy atom. The van der Waals surface area contributed by atoms with Crippen LogP contribution in [0.2, 0.25) is 0 Å². The Kier molecular flexibility index (Phi) is 6.55. The summed E-state index contributed by atoms with van der Waals surface area (Å²) in [5.74, 6) is -0.338. The second kappa shape index (κ2) is 8.35. The third kappa shape index (κ3) is 5.35. The summed E-state index contributed by atoms with van der Waals surface area (Å²) in [5.41, 5.74) is 6.91. The normalized spacial score (nSPS) is 12.5. The molecule has 0 fully saturated rings. The van der Waals surface area contributed by atoms with Crippen LogP contribution in [0.4, 0.5) is 5.69 Å². The number of nitrogens with one attached hydrogen (secondary N) is 1. The number of nitrogens with zero attached hydrogens (tertiary/aromatic N) is 1. The first-order valence-corrected chi connectivity index (χ1v) is 11.2. The summed E-state index contributed by atoms with van der Waals surface area (Å²) in [6, 6.07) is 9.48. The van der Waals surface area contributed by atoms with E-state index >= 15 is 0 Å². The zero-order valence-electron chi connectivity index (χ0n) is 17.8. The molecule has 1 N–H and O–H groups in total. The van der Waals surface area contributed by atoms with Crippen LogP contribution in [0.15, 0.2) is 30.3 Å². The van der Waals surface area contributed by atoms with E-state index in [-0.39, 0.29) is 18.5 Å². The number of carbonyl (C=O) groups excluding carboxylic acids is 1. The van der Waals surface area contributed by atoms with Gasteiger partial charge >= 0.3 is 0 Å². The number of benzene rings is 2. The highest BCUT2D eigenvalue weighted by atomic mass is 32.2. The van der Waals surface area contributed by atoms with Gasteiger partial charge in [0.15, 0.2) is 0 Å². The van der Waals surface area contributed by atoms with Crippen molar-refractivity contribution in [1.29, 1.82) is 0 Å². The van der Waals surface area contributed by atoms with Gasteiger partial charge in [-0.05, 0) is 87.1 Å². The minimum absolute atomic E-state index is 0.215. The number of amides is 1. The standard InChI is InChI=1S/C22H30N2O3S/c1-14-8-15(2)10-20(9-14)24(28(7,26)27)13-22(25)23-19(6)21-12-17(4)16(3)11-18(21)5/h8-12,19H,13H2,1-7H3,(H,23,25). The monoisotopic (exact) mass is 402 g/mol. The summed E-state index contributed by atoms with van der Waals surface area (Å²) in [6.07, 6.45) is 1.12. The molecule has 0 aliphatic carbocycles. The number of rotatable bonds is 6. The topological polar surface area (TPSA) is 66.5 Å². The summed E-state index contributed by atoms with van der Waals surface area (Å²) < 4.78 is 25.8. The highest BCUT2D eigenvalue weighted by Crippen LogP contribution is 2.23. The van der Waals surface area contributed by atoms with Crippen molar-refractivity contribution in [3.8, 4) is 0 Å². The zero-order valence-corrected chi connectivity index (χ0v) is 18.6. The first-order chi connectivity index (χ1) is 12.9. The molecule has 1 amide bonds. The Hall–Kier alpha value is -2.34. The van der Waals surface area contributed by atoms with Crippen LogP contribution in [0.3, 0.4) is 0 Å². The van der Waals surface area contributed by atoms with Gasteiger partial charge < -0.3 is 5.32 Å². The predicted molar refractivity (Wildman–Crippen MR) is 115 cm³/mol. The lowest BCUT2D eigenvalue weighted by Crippen LogP contribution is -2.41. The van der Waals surface area contributed by atoms with Gasteiger partial charge in [-0.25, -0.2) is 8.42 Å². The third-order valence-corrected chi connectivity index (χ3v) is 6.05. The van der Waals surface area contributed by atoms with Crippen molar-refractivity contribution < 1.29 is 13.2 Å². The fraction of sp³-hybridized carbons (Fsp3) is 0.409. The quantitative estimate of drug-likeness (QED) is 0.798. The summed E-state index contributed by atoms with van der Waals surface area (Å²) >= 11 is 0. The number of hydrogen-bond acceptors (Lipinski definition) is 3. The van der Waals surface area contributed by atoms with Crippen molar-refractivity contribution in [3.63, 3.8) is 0 Å². The van der Waals surface area contributed by atoms with Crippen molar-refractivity contribution in [3.05, 3.63) is 63.7 Å². The maximum Gasteiger partial charge on any atom is 0.241 e. The van der Waals surface area contributed by atoms with E-state index in [9.17, 15) is 13.2 Å². The fourth-order valence-corrected chi connectivity index (χ4v) is 4.28. The Labute approximate surface area is 168 Å². The Morgan fingerprint density at radius 3 is 2.00 bits per heavy atom. The molecule has 5 nitrogen and oxygen atoms in total. The molecule has 2 aromatic carbocycles. The SMILES string of the molecule is Cc1cc(C)cc(N(CC(=O)NC(C)c2cc(C)c(C)cc2C)S(C)(=O)=O)c1. The number of hydrogen-bond donors (Lipinski definition) is 1. The number of carbonyl (C=O) groups is 1. The summed E-state index contributed by atoms with van der Waals surface area (Å²) in [6.45, 7) is 11.6. The first-order valence-electron chi connectivity index (χ1n) is 9.31. The smallest absolute Gasteiger partial charge is 0.241 e. The van der Waals surface area contributed by atoms with Crippen LogP contribution < -0.4 is 9.62 Å². The van der Waals surface area contributed by atoms with Gasteiger partial charge in [-0.2, -0.15) is 0 Å². The van der Waals surface area contributed by atoms with E-state index in [1.54, 1.807) is 12.1 Å². The van der Waals surface area contributed by atoms with Gasteiger partial charge in [0, 0.05) is 0 Å². The lowest BCUT2D eigenvalue weighted by molar-refractivity contribution is -0.120. The maximum absolute atomic E-state index is 12.7. The van der Waals surface area contributed by atoms with E-state index in [1.165, 1.54) is 5.56 Å². The molecule has 0 aliphatic heterocycles. The molecule has 0 radical (unpaired) electrons. The molecule has 0 heterocycles. The van der Waals surface area contributed by atoms with Gasteiger partial charge in [-0.1, -0.05) is 18.2 Å². The zero-order chi connectivity index (χ0) is 21.2. The Balaban J connectivity index is 2.24. The molecule has 2 rings (SSSR count). The Bertz CT molecular complexity index is 977. The molecule has 152 valence electrons. The summed E-state index contributed by atoms with van der Waals surface area (Å²) in [4.78, 5) is 12.7. The number of sulfonamides is 1. The van der Waals surface area contributed by atoms with Gasteiger partial charge in [0.1, 0.15) is 6.54 Å². The number of aryl methyl sites for hydroxylation is 5. The average molecular weight is 403 g/mol. The van der Waals surface area contributed by atoms with Crippen LogP contribution in [-0.4, -0.2) is 27.1 Å². The second-order valence-corrected chi connectivity index (χ2v) is 9.60. The average Bonchev–Trinajstić information content (AvgIpc) is 2.53. The van der Waals surface area contributed by atoms with E-state index in [0.717, 1.165) is 38.4 Å². The molecule has 0 aliphatic rings. The van der Waals surface area contributed by atoms with E-state index in [4.69, 9.17) is 0 Å². The molecular weight excluding hydrogens is 372 g/mol. The fourth-order valence-electron chi connectivity index (χ4n) is 3.44. The van der Waals surface area contributed by atoms with E-state index in [2.05, 4.69) is 24.4 Å². The van der Waals surface area contributed by atoms with Crippen LogP contribution in [0, 0.1) is 34.6 Å². The molecule has 1 unspecified atom stereocenters. The molecule has 1 atom stereocenters. The molecule has 6 heteroatoms. The minimum atomic E-state index is -3.59. The van der Waals surface area contributed by atoms with E-state index in [1.807, 2.05) is 40.7 Å². The predicted octanol–water partition coefficient (Wildman–Crippen LogP) is 3.87. The Morgan fingerprint density at radius 2 is 1.46 bits per heavy atom. The van der Waals surface area contributed by atoms with E-state index in [0.29, 0.717) is 5.69 Å². The largest absolute Gasteiger partial charge is 0.348 e. The lowest BCUT2D eigenvalue weighted by Gasteiger charge is -2.24. The molecular formula is C22H30N2O3S. The van der Waals surface area contributed by atoms with Crippen molar-refractivity contribution in [2.24, 2.45) is 0 Å². The van der Waals surface area contributed by atoms with Gasteiger partial charge in [0.05, 0.1) is 18.0 Å². The molecule has 2 aromatic rings. The summed E-state index contributed by atoms with van der Waals surface area (Å²) in [7, 11) is -3.59. The molecule has 0 bridgehead atoms. The van der Waals surface area contributed by atoms with Crippen LogP contribution in [-0.2, 0) is 14.8 Å². The van der Waals surface area contributed by atoms with Crippen molar-refractivity contribution in [2.75, 3.05) is 17.1 Å². The molecule has 0 spiro atoms. The van der Waals surface area contributed by atoms with Crippen LogP contribution in [0.25, 0.3) is 0 Å². The summed E-state index contributed by atoms with van der Waals surface area (Å²) in [5, 5.41) is 2.94. The minimum Gasteiger partial charge on any atom is -0.348 e. The van der Waals surface area contributed by atoms with Crippen LogP contribution >= 0.6 is 0 Å². The van der Waals surface area contributed by atoms with Gasteiger partial charge in [-0.15, -0.1) is 0 Å². The highest BCUT2D eigenvalue weighted by molar-refractivity contribution is 7.92. The van der Waals surface area contributed by atoms with Crippen LogP contribution in [0.5, 0.6) is 0 Å². The molecule has 0 aromatic heterocycles. The lowest BCUT2D eigenvalue weighted by atomic mass is 9.96. The van der Waals surface area contributed by atoms with Gasteiger partial charge in [0.2, 0.25) is 15.9 Å². The molecule has 0 saturated heterocycles. The van der Waals surface area contributed by atoms with Crippen molar-refractivity contribution in [2.45, 2.75) is 47.6 Å².